The van der Waals surface area contributed by atoms with Crippen LogP contribution in [0.3, 0.4) is 0 Å². The molecule has 0 unspecified atom stereocenters. The first-order valence-corrected chi connectivity index (χ1v) is 10.5. The van der Waals surface area contributed by atoms with E-state index in [1.807, 2.05) is 0 Å². The average molecular weight is 424 g/mol. The van der Waals surface area contributed by atoms with Crippen LogP contribution in [0.25, 0.3) is 6.08 Å². The average Bonchev–Trinajstić information content (AvgIpc) is 3.07. The normalized spacial score (nSPS) is 18.4. The zero-order chi connectivity index (χ0) is 21.8. The lowest BCUT2D eigenvalue weighted by atomic mass is 9.94. The van der Waals surface area contributed by atoms with Gasteiger partial charge in [0.15, 0.2) is 11.5 Å². The molecule has 3 amide bonds. The highest BCUT2D eigenvalue weighted by atomic mass is 19.1. The van der Waals surface area contributed by atoms with Crippen molar-refractivity contribution < 1.29 is 23.5 Å². The van der Waals surface area contributed by atoms with E-state index in [9.17, 15) is 14.0 Å². The molecule has 6 nitrogen and oxygen atoms in total. The van der Waals surface area contributed by atoms with Crippen molar-refractivity contribution in [2.45, 2.75) is 44.8 Å². The third-order valence-electron chi connectivity index (χ3n) is 5.66. The van der Waals surface area contributed by atoms with E-state index in [0.29, 0.717) is 17.1 Å². The maximum Gasteiger partial charge on any atom is 0.329 e. The van der Waals surface area contributed by atoms with E-state index in [-0.39, 0.29) is 36.1 Å². The van der Waals surface area contributed by atoms with Crippen LogP contribution in [0.2, 0.25) is 0 Å². The van der Waals surface area contributed by atoms with E-state index in [1.165, 1.54) is 24.1 Å². The Balaban J connectivity index is 1.48. The second-order valence-corrected chi connectivity index (χ2v) is 7.78. The van der Waals surface area contributed by atoms with Gasteiger partial charge in [-0.15, -0.1) is 0 Å². The lowest BCUT2D eigenvalue weighted by Gasteiger charge is -2.28. The van der Waals surface area contributed by atoms with Gasteiger partial charge in [0.05, 0.1) is 7.11 Å². The van der Waals surface area contributed by atoms with Crippen molar-refractivity contribution in [3.05, 3.63) is 65.1 Å². The molecule has 2 aromatic carbocycles. The van der Waals surface area contributed by atoms with Gasteiger partial charge in [-0.2, -0.15) is 0 Å². The lowest BCUT2D eigenvalue weighted by molar-refractivity contribution is -0.124. The van der Waals surface area contributed by atoms with Crippen LogP contribution in [0.1, 0.15) is 43.2 Å². The minimum Gasteiger partial charge on any atom is -0.493 e. The Bertz CT molecular complexity index is 997. The Hall–Kier alpha value is -3.35. The number of hydrogen-bond acceptors (Lipinski definition) is 4. The molecular weight excluding hydrogens is 399 g/mol. The summed E-state index contributed by atoms with van der Waals surface area (Å²) in [5.74, 6) is 0.443. The predicted molar refractivity (Wildman–Crippen MR) is 114 cm³/mol. The number of nitrogens with one attached hydrogen (secondary N) is 1. The molecule has 162 valence electrons. The molecule has 0 atom stereocenters. The van der Waals surface area contributed by atoms with Gasteiger partial charge in [-0.3, -0.25) is 9.69 Å². The molecule has 2 aliphatic rings. The number of hydrogen-bond donors (Lipinski definition) is 1. The fourth-order valence-electron chi connectivity index (χ4n) is 4.02. The number of halogens is 1. The number of nitrogens with zero attached hydrogens (tertiary/aromatic N) is 1. The first-order valence-electron chi connectivity index (χ1n) is 10.5. The molecule has 31 heavy (non-hydrogen) atoms. The molecule has 1 saturated heterocycles. The van der Waals surface area contributed by atoms with Crippen LogP contribution >= 0.6 is 0 Å². The van der Waals surface area contributed by atoms with Gasteiger partial charge in [-0.05, 0) is 54.3 Å². The lowest BCUT2D eigenvalue weighted by Crippen LogP contribution is -2.41. The molecule has 0 spiro atoms. The van der Waals surface area contributed by atoms with Crippen LogP contribution in [0, 0.1) is 5.82 Å². The Morgan fingerprint density at radius 3 is 2.52 bits per heavy atom. The molecule has 7 heteroatoms. The number of methoxy groups -OCH3 is 1. The summed E-state index contributed by atoms with van der Waals surface area (Å²) in [6, 6.07) is 11.0. The molecule has 2 aromatic rings. The number of rotatable bonds is 6. The van der Waals surface area contributed by atoms with Crippen molar-refractivity contribution in [2.24, 2.45) is 0 Å². The van der Waals surface area contributed by atoms with Crippen LogP contribution in [-0.2, 0) is 11.4 Å². The van der Waals surface area contributed by atoms with Gasteiger partial charge in [-0.1, -0.05) is 37.5 Å². The third-order valence-corrected chi connectivity index (χ3v) is 5.66. The maximum absolute atomic E-state index is 13.0. The van der Waals surface area contributed by atoms with Gasteiger partial charge in [-0.25, -0.2) is 9.18 Å². The largest absolute Gasteiger partial charge is 0.493 e. The highest BCUT2D eigenvalue weighted by Crippen LogP contribution is 2.31. The maximum atomic E-state index is 13.0. The van der Waals surface area contributed by atoms with Crippen molar-refractivity contribution in [3.63, 3.8) is 0 Å². The molecule has 1 aliphatic carbocycles. The van der Waals surface area contributed by atoms with E-state index in [4.69, 9.17) is 9.47 Å². The highest BCUT2D eigenvalue weighted by molar-refractivity contribution is 6.14. The summed E-state index contributed by atoms with van der Waals surface area (Å²) in [6.45, 7) is 0.266. The monoisotopic (exact) mass is 424 g/mol. The summed E-state index contributed by atoms with van der Waals surface area (Å²) >= 11 is 0. The number of carbonyl (C=O) groups excluding carboxylic acids is 2. The van der Waals surface area contributed by atoms with Gasteiger partial charge < -0.3 is 14.8 Å². The molecule has 1 heterocycles. The molecule has 1 N–H and O–H groups in total. The van der Waals surface area contributed by atoms with Crippen molar-refractivity contribution in [1.82, 2.24) is 10.2 Å². The molecule has 1 aliphatic heterocycles. The van der Waals surface area contributed by atoms with Gasteiger partial charge in [0.2, 0.25) is 0 Å². The minimum absolute atomic E-state index is 0.0241. The molecule has 0 bridgehead atoms. The molecular formula is C24H25FN2O4. The van der Waals surface area contributed by atoms with Crippen LogP contribution in [0.15, 0.2) is 48.2 Å². The van der Waals surface area contributed by atoms with Crippen molar-refractivity contribution in [2.75, 3.05) is 7.11 Å². The summed E-state index contributed by atoms with van der Waals surface area (Å²) < 4.78 is 24.3. The van der Waals surface area contributed by atoms with Crippen molar-refractivity contribution >= 4 is 18.0 Å². The summed E-state index contributed by atoms with van der Waals surface area (Å²) in [5, 5.41) is 2.70. The Morgan fingerprint density at radius 1 is 1.06 bits per heavy atom. The van der Waals surface area contributed by atoms with Gasteiger partial charge in [0.1, 0.15) is 18.1 Å². The Morgan fingerprint density at radius 2 is 1.81 bits per heavy atom. The SMILES string of the molecule is COc1cc(/C=C2\NC(=O)N(C3CCCCC3)C2=O)ccc1OCc1ccc(F)cc1. The highest BCUT2D eigenvalue weighted by Gasteiger charge is 2.38. The summed E-state index contributed by atoms with van der Waals surface area (Å²) in [7, 11) is 1.53. The van der Waals surface area contributed by atoms with E-state index >= 15 is 0 Å². The Kier molecular flexibility index (Phi) is 6.21. The number of benzene rings is 2. The quantitative estimate of drug-likeness (QED) is 0.542. The number of amides is 3. The van der Waals surface area contributed by atoms with E-state index in [2.05, 4.69) is 5.32 Å². The first-order chi connectivity index (χ1) is 15.0. The minimum atomic E-state index is -0.352. The zero-order valence-electron chi connectivity index (χ0n) is 17.4. The summed E-state index contributed by atoms with van der Waals surface area (Å²) in [4.78, 5) is 26.6. The number of urea groups is 1. The predicted octanol–water partition coefficient (Wildman–Crippen LogP) is 4.64. The second kappa shape index (κ2) is 9.20. The first kappa shape index (κ1) is 20.9. The van der Waals surface area contributed by atoms with Crippen molar-refractivity contribution in [1.29, 1.82) is 0 Å². The topological polar surface area (TPSA) is 67.9 Å². The van der Waals surface area contributed by atoms with E-state index in [0.717, 1.165) is 37.7 Å². The van der Waals surface area contributed by atoms with Crippen LogP contribution < -0.4 is 14.8 Å². The fraction of sp³-hybridized carbons (Fsp3) is 0.333. The molecule has 4 rings (SSSR count). The van der Waals surface area contributed by atoms with Crippen LogP contribution in [-0.4, -0.2) is 30.0 Å². The van der Waals surface area contributed by atoms with E-state index < -0.39 is 0 Å². The van der Waals surface area contributed by atoms with Crippen LogP contribution in [0.4, 0.5) is 9.18 Å². The summed E-state index contributed by atoms with van der Waals surface area (Å²) in [5.41, 5.74) is 1.80. The second-order valence-electron chi connectivity index (χ2n) is 7.78. The standard InChI is InChI=1S/C24H25FN2O4/c1-30-22-14-17(9-12-21(22)31-15-16-7-10-18(25)11-8-16)13-20-23(28)27(24(29)26-20)19-5-3-2-4-6-19/h7-14,19H,2-6,15H2,1H3,(H,26,29)/b20-13-. The van der Waals surface area contributed by atoms with E-state index in [1.54, 1.807) is 36.4 Å². The van der Waals surface area contributed by atoms with Gasteiger partial charge >= 0.3 is 6.03 Å². The molecule has 2 fully saturated rings. The van der Waals surface area contributed by atoms with Crippen LogP contribution in [0.5, 0.6) is 11.5 Å². The van der Waals surface area contributed by atoms with Crippen molar-refractivity contribution in [3.8, 4) is 11.5 Å². The molecule has 1 saturated carbocycles. The number of carbonyl (C=O) groups is 2. The Labute approximate surface area is 180 Å². The van der Waals surface area contributed by atoms with Gasteiger partial charge in [0.25, 0.3) is 5.91 Å². The third kappa shape index (κ3) is 4.71. The molecule has 0 radical (unpaired) electrons. The molecule has 0 aromatic heterocycles. The smallest absolute Gasteiger partial charge is 0.329 e. The number of ether oxygens (including phenoxy) is 2. The van der Waals surface area contributed by atoms with Gasteiger partial charge in [0, 0.05) is 6.04 Å². The fourth-order valence-corrected chi connectivity index (χ4v) is 4.02. The number of imide groups is 1. The summed E-state index contributed by atoms with van der Waals surface area (Å²) in [6.07, 6.45) is 6.60. The zero-order valence-corrected chi connectivity index (χ0v) is 17.4.